The largest absolute Gasteiger partial charge is 0.481 e. The van der Waals surface area contributed by atoms with E-state index in [1.165, 1.54) is 32.1 Å². The predicted molar refractivity (Wildman–Crippen MR) is 125 cm³/mol. The van der Waals surface area contributed by atoms with Gasteiger partial charge < -0.3 is 15.7 Å². The summed E-state index contributed by atoms with van der Waals surface area (Å²) < 4.78 is 0. The maximum atomic E-state index is 9.00. The van der Waals surface area contributed by atoms with Crippen LogP contribution in [0.2, 0.25) is 5.02 Å². The maximum Gasteiger partial charge on any atom is 0.300 e. The van der Waals surface area contributed by atoms with Gasteiger partial charge >= 0.3 is 0 Å². The lowest BCUT2D eigenvalue weighted by molar-refractivity contribution is -0.134. The van der Waals surface area contributed by atoms with Crippen molar-refractivity contribution in [1.29, 1.82) is 0 Å². The molecule has 1 aliphatic heterocycles. The summed E-state index contributed by atoms with van der Waals surface area (Å²) in [5.74, 6) is 0.663. The van der Waals surface area contributed by atoms with Crippen molar-refractivity contribution in [1.82, 2.24) is 16.0 Å². The topological polar surface area (TPSA) is 98.1 Å². The summed E-state index contributed by atoms with van der Waals surface area (Å²) in [5, 5.41) is 18.1. The van der Waals surface area contributed by atoms with Gasteiger partial charge in [-0.05, 0) is 31.9 Å². The molecule has 1 heterocycles. The Morgan fingerprint density at radius 2 is 1.60 bits per heavy atom. The molecular formula is C22H36ClN5O2. The van der Waals surface area contributed by atoms with Crippen molar-refractivity contribution >= 4 is 29.5 Å². The number of halogens is 1. The first kappa shape index (κ1) is 25.8. The van der Waals surface area contributed by atoms with E-state index in [9.17, 15) is 0 Å². The zero-order valence-corrected chi connectivity index (χ0v) is 19.4. The summed E-state index contributed by atoms with van der Waals surface area (Å²) in [6.07, 6.45) is 7.62. The van der Waals surface area contributed by atoms with Gasteiger partial charge in [0, 0.05) is 18.5 Å². The number of nitrogens with one attached hydrogen (secondary N) is 3. The molecule has 1 saturated heterocycles. The van der Waals surface area contributed by atoms with Crippen molar-refractivity contribution in [3.63, 3.8) is 0 Å². The molecule has 4 N–H and O–H groups in total. The van der Waals surface area contributed by atoms with Gasteiger partial charge in [0.25, 0.3) is 5.97 Å². The van der Waals surface area contributed by atoms with Crippen LogP contribution in [-0.4, -0.2) is 35.2 Å². The Balaban J connectivity index is 0.00000103. The Morgan fingerprint density at radius 1 is 1.03 bits per heavy atom. The standard InChI is InChI=1S/C20H32ClN5.C2H4O2/c1-4-5-6-7-8-11-14-22-18-24-19(26-20(2,3)25-18)23-15-16-12-9-10-13-17(16)21;1-2(3)4/h9-10,12-13H,4-8,11,14-15H2,1-3H3,(H3,22,23,24,25,26);1H3,(H,3,4). The van der Waals surface area contributed by atoms with Crippen LogP contribution in [0.25, 0.3) is 0 Å². The number of benzene rings is 1. The van der Waals surface area contributed by atoms with E-state index in [1.54, 1.807) is 0 Å². The second kappa shape index (κ2) is 13.9. The van der Waals surface area contributed by atoms with Gasteiger partial charge in [-0.1, -0.05) is 68.8 Å². The zero-order valence-electron chi connectivity index (χ0n) is 18.6. The fraction of sp³-hybridized carbons (Fsp3) is 0.591. The van der Waals surface area contributed by atoms with Gasteiger partial charge in [-0.25, -0.2) is 4.99 Å². The summed E-state index contributed by atoms with van der Waals surface area (Å²) in [5.41, 5.74) is 0.706. The van der Waals surface area contributed by atoms with Gasteiger partial charge in [-0.15, -0.1) is 0 Å². The van der Waals surface area contributed by atoms with Crippen LogP contribution in [-0.2, 0) is 11.3 Å². The van der Waals surface area contributed by atoms with Crippen LogP contribution in [0.1, 0.15) is 71.8 Å². The lowest BCUT2D eigenvalue weighted by Crippen LogP contribution is -2.68. The second-order valence-corrected chi connectivity index (χ2v) is 8.18. The van der Waals surface area contributed by atoms with Gasteiger partial charge in [-0.3, -0.25) is 15.1 Å². The van der Waals surface area contributed by atoms with Crippen LogP contribution in [0.5, 0.6) is 0 Å². The third-order valence-corrected chi connectivity index (χ3v) is 4.61. The number of unbranched alkanes of at least 4 members (excludes halogenated alkanes) is 5. The van der Waals surface area contributed by atoms with Crippen LogP contribution in [0, 0.1) is 0 Å². The predicted octanol–water partition coefficient (Wildman–Crippen LogP) is 4.52. The number of carboxylic acid groups (broad SMARTS) is 1. The highest BCUT2D eigenvalue weighted by molar-refractivity contribution is 6.31. The molecule has 0 aromatic heterocycles. The second-order valence-electron chi connectivity index (χ2n) is 7.77. The lowest BCUT2D eigenvalue weighted by atomic mass is 10.1. The minimum absolute atomic E-state index is 0.301. The summed E-state index contributed by atoms with van der Waals surface area (Å²) in [6.45, 7) is 8.82. The Morgan fingerprint density at radius 3 is 2.23 bits per heavy atom. The minimum Gasteiger partial charge on any atom is -0.481 e. The smallest absolute Gasteiger partial charge is 0.300 e. The summed E-state index contributed by atoms with van der Waals surface area (Å²) in [7, 11) is 0. The van der Waals surface area contributed by atoms with E-state index in [2.05, 4.69) is 46.7 Å². The Labute approximate surface area is 185 Å². The number of rotatable bonds is 9. The first-order valence-corrected chi connectivity index (χ1v) is 11.0. The Bertz CT molecular complexity index is 715. The number of aliphatic carboxylic acids is 1. The maximum absolute atomic E-state index is 9.00. The van der Waals surface area contributed by atoms with Crippen molar-refractivity contribution in [2.45, 2.75) is 78.4 Å². The minimum atomic E-state index is -0.833. The Kier molecular flexibility index (Phi) is 11.9. The summed E-state index contributed by atoms with van der Waals surface area (Å²) in [4.78, 5) is 18.3. The molecule has 0 saturated carbocycles. The molecule has 30 heavy (non-hydrogen) atoms. The normalized spacial score (nSPS) is 17.4. The molecule has 1 aliphatic rings. The molecule has 168 valence electrons. The van der Waals surface area contributed by atoms with E-state index in [1.807, 2.05) is 24.3 Å². The summed E-state index contributed by atoms with van der Waals surface area (Å²) in [6, 6.07) is 7.78. The lowest BCUT2D eigenvalue weighted by Gasteiger charge is -2.36. The molecule has 0 radical (unpaired) electrons. The average Bonchev–Trinajstić information content (AvgIpc) is 2.65. The van der Waals surface area contributed by atoms with E-state index in [-0.39, 0.29) is 5.66 Å². The van der Waals surface area contributed by atoms with Crippen molar-refractivity contribution in [2.24, 2.45) is 9.98 Å². The number of hydrogen-bond acceptors (Lipinski definition) is 3. The van der Waals surface area contributed by atoms with Crippen LogP contribution in [0.15, 0.2) is 34.3 Å². The first-order chi connectivity index (χ1) is 14.2. The number of guanidine groups is 2. The number of carbonyl (C=O) groups is 1. The van der Waals surface area contributed by atoms with Crippen LogP contribution in [0.4, 0.5) is 0 Å². The first-order valence-electron chi connectivity index (χ1n) is 10.6. The molecule has 0 atom stereocenters. The van der Waals surface area contributed by atoms with Crippen molar-refractivity contribution in [3.05, 3.63) is 34.9 Å². The molecule has 0 bridgehead atoms. The fourth-order valence-electron chi connectivity index (χ4n) is 2.83. The molecule has 1 aromatic rings. The molecule has 8 heteroatoms. The quantitative estimate of drug-likeness (QED) is 0.426. The van der Waals surface area contributed by atoms with Crippen LogP contribution >= 0.6 is 11.6 Å². The van der Waals surface area contributed by atoms with Gasteiger partial charge in [-0.2, -0.15) is 0 Å². The van der Waals surface area contributed by atoms with Gasteiger partial charge in [0.15, 0.2) is 11.9 Å². The van der Waals surface area contributed by atoms with Crippen LogP contribution in [0.3, 0.4) is 0 Å². The third-order valence-electron chi connectivity index (χ3n) is 4.25. The summed E-state index contributed by atoms with van der Waals surface area (Å²) >= 11 is 6.21. The van der Waals surface area contributed by atoms with Crippen LogP contribution < -0.4 is 16.0 Å². The number of carboxylic acids is 1. The Hall–Kier alpha value is -2.28. The highest BCUT2D eigenvalue weighted by atomic mass is 35.5. The van der Waals surface area contributed by atoms with Gasteiger partial charge in [0.1, 0.15) is 5.66 Å². The van der Waals surface area contributed by atoms with E-state index >= 15 is 0 Å². The van der Waals surface area contributed by atoms with E-state index < -0.39 is 5.97 Å². The highest BCUT2D eigenvalue weighted by Crippen LogP contribution is 2.15. The SMILES string of the molecule is CC(=O)O.CCCCCCCCN=C1NC(=NCc2ccccc2Cl)NC(C)(C)N1. The van der Waals surface area contributed by atoms with E-state index in [0.29, 0.717) is 6.54 Å². The van der Waals surface area contributed by atoms with Crippen molar-refractivity contribution in [3.8, 4) is 0 Å². The number of aliphatic imine (C=N–C) groups is 2. The molecule has 1 aromatic carbocycles. The number of nitrogens with zero attached hydrogens (tertiary/aromatic N) is 2. The molecule has 0 aliphatic carbocycles. The van der Waals surface area contributed by atoms with E-state index in [0.717, 1.165) is 42.4 Å². The highest BCUT2D eigenvalue weighted by Gasteiger charge is 2.26. The molecule has 2 rings (SSSR count). The molecule has 0 amide bonds. The molecule has 0 unspecified atom stereocenters. The fourth-order valence-corrected chi connectivity index (χ4v) is 3.03. The van der Waals surface area contributed by atoms with Crippen molar-refractivity contribution in [2.75, 3.05) is 6.54 Å². The zero-order chi connectivity index (χ0) is 22.4. The van der Waals surface area contributed by atoms with E-state index in [4.69, 9.17) is 21.5 Å². The van der Waals surface area contributed by atoms with Gasteiger partial charge in [0.05, 0.1) is 6.54 Å². The third kappa shape index (κ3) is 11.7. The number of hydrogen-bond donors (Lipinski definition) is 4. The monoisotopic (exact) mass is 437 g/mol. The van der Waals surface area contributed by atoms with Crippen molar-refractivity contribution < 1.29 is 9.90 Å². The van der Waals surface area contributed by atoms with Gasteiger partial charge in [0.2, 0.25) is 0 Å². The average molecular weight is 438 g/mol. The molecule has 1 fully saturated rings. The molecule has 0 spiro atoms. The molecule has 7 nitrogen and oxygen atoms in total. The molecular weight excluding hydrogens is 402 g/mol.